The van der Waals surface area contributed by atoms with Gasteiger partial charge in [-0.3, -0.25) is 9.20 Å². The van der Waals surface area contributed by atoms with E-state index in [9.17, 15) is 9.90 Å². The van der Waals surface area contributed by atoms with Crippen LogP contribution < -0.4 is 5.32 Å². The van der Waals surface area contributed by atoms with E-state index in [2.05, 4.69) is 40.4 Å². The van der Waals surface area contributed by atoms with Crippen molar-refractivity contribution in [2.45, 2.75) is 56.7 Å². The monoisotopic (exact) mass is 417 g/mol. The highest BCUT2D eigenvalue weighted by Gasteiger charge is 2.45. The Morgan fingerprint density at radius 3 is 2.94 bits per heavy atom. The van der Waals surface area contributed by atoms with Crippen LogP contribution in [0.25, 0.3) is 5.78 Å². The van der Waals surface area contributed by atoms with Crippen LogP contribution in [0.2, 0.25) is 0 Å². The second-order valence-corrected chi connectivity index (χ2v) is 9.47. The summed E-state index contributed by atoms with van der Waals surface area (Å²) in [5.74, 6) is 1.01. The molecule has 1 aromatic carbocycles. The molecule has 2 aliphatic heterocycles. The largest absolute Gasteiger partial charge is 0.389 e. The van der Waals surface area contributed by atoms with Crippen molar-refractivity contribution in [3.8, 4) is 0 Å². The first-order valence-corrected chi connectivity index (χ1v) is 11.2. The minimum atomic E-state index is -0.628. The molecule has 4 heterocycles. The maximum absolute atomic E-state index is 13.1. The van der Waals surface area contributed by atoms with E-state index in [-0.39, 0.29) is 11.4 Å². The Bertz CT molecular complexity index is 1180. The van der Waals surface area contributed by atoms with Gasteiger partial charge in [0.15, 0.2) is 0 Å². The summed E-state index contributed by atoms with van der Waals surface area (Å²) >= 11 is 0. The molecule has 2 N–H and O–H groups in total. The lowest BCUT2D eigenvalue weighted by Crippen LogP contribution is -2.65. The Morgan fingerprint density at radius 1 is 1.26 bits per heavy atom. The Morgan fingerprint density at radius 2 is 2.13 bits per heavy atom. The van der Waals surface area contributed by atoms with Crippen molar-refractivity contribution in [2.75, 3.05) is 13.1 Å². The molecular weight excluding hydrogens is 390 g/mol. The maximum Gasteiger partial charge on any atom is 0.274 e. The fourth-order valence-electron chi connectivity index (χ4n) is 5.13. The van der Waals surface area contributed by atoms with E-state index in [1.807, 2.05) is 16.8 Å². The lowest BCUT2D eigenvalue weighted by atomic mass is 9.76. The topological polar surface area (TPSA) is 82.8 Å². The SMILES string of the molecule is Cc1ccc2c(c1)CN[C@@]1(CCN(C(=O)c3cn4cc(C5CC5)cnc4n3)C[C@H]1O)C2. The number of β-amino-alcohol motifs (C(OH)–C–C–N with tert-alkyl or cyclic N) is 1. The molecule has 0 unspecified atom stereocenters. The van der Waals surface area contributed by atoms with Gasteiger partial charge in [-0.25, -0.2) is 9.97 Å². The van der Waals surface area contributed by atoms with Crippen molar-refractivity contribution in [3.05, 3.63) is 64.7 Å². The average Bonchev–Trinajstić information content (AvgIpc) is 3.54. The van der Waals surface area contributed by atoms with Crippen LogP contribution in [0.4, 0.5) is 0 Å². The van der Waals surface area contributed by atoms with E-state index in [0.29, 0.717) is 36.9 Å². The third-order valence-electron chi connectivity index (χ3n) is 7.24. The number of carbonyl (C=O) groups is 1. The summed E-state index contributed by atoms with van der Waals surface area (Å²) in [4.78, 5) is 23.7. The minimum Gasteiger partial charge on any atom is -0.389 e. The average molecular weight is 418 g/mol. The molecule has 1 saturated heterocycles. The number of hydrogen-bond acceptors (Lipinski definition) is 5. The van der Waals surface area contributed by atoms with Crippen LogP contribution in [-0.2, 0) is 13.0 Å². The number of rotatable bonds is 2. The number of aryl methyl sites for hydroxylation is 1. The van der Waals surface area contributed by atoms with Crippen molar-refractivity contribution in [1.29, 1.82) is 0 Å². The molecule has 7 heteroatoms. The van der Waals surface area contributed by atoms with Crippen LogP contribution in [0.15, 0.2) is 36.8 Å². The summed E-state index contributed by atoms with van der Waals surface area (Å²) in [7, 11) is 0. The molecule has 6 rings (SSSR count). The van der Waals surface area contributed by atoms with Gasteiger partial charge in [0.05, 0.1) is 11.6 Å². The number of hydrogen-bond donors (Lipinski definition) is 2. The standard InChI is InChI=1S/C24H27N5O2/c1-15-2-3-17-9-24(26-11-18(17)8-15)6-7-28(14-21(24)30)22(31)20-13-29-12-19(16-4-5-16)10-25-23(29)27-20/h2-3,8,10,12-13,16,21,26,30H,4-7,9,11,14H2,1H3/t21-,24+/m1/s1. The third kappa shape index (κ3) is 3.23. The first kappa shape index (κ1) is 19.0. The van der Waals surface area contributed by atoms with Gasteiger partial charge in [0.2, 0.25) is 5.78 Å². The molecule has 1 saturated carbocycles. The third-order valence-corrected chi connectivity index (χ3v) is 7.24. The first-order chi connectivity index (χ1) is 15.0. The second kappa shape index (κ2) is 6.87. The predicted molar refractivity (Wildman–Crippen MR) is 116 cm³/mol. The van der Waals surface area contributed by atoms with Gasteiger partial charge in [-0.05, 0) is 55.2 Å². The molecule has 1 aliphatic carbocycles. The van der Waals surface area contributed by atoms with Gasteiger partial charge in [-0.15, -0.1) is 0 Å². The fourth-order valence-corrected chi connectivity index (χ4v) is 5.13. The van der Waals surface area contributed by atoms with Gasteiger partial charge in [-0.2, -0.15) is 0 Å². The van der Waals surface area contributed by atoms with Crippen LogP contribution in [0, 0.1) is 6.92 Å². The predicted octanol–water partition coefficient (Wildman–Crippen LogP) is 2.21. The molecule has 2 fully saturated rings. The zero-order valence-corrected chi connectivity index (χ0v) is 17.7. The molecule has 2 atom stereocenters. The Balaban J connectivity index is 1.19. The molecule has 3 aromatic rings. The van der Waals surface area contributed by atoms with Crippen LogP contribution in [0.1, 0.15) is 57.9 Å². The molecule has 1 spiro atoms. The Kier molecular flexibility index (Phi) is 4.20. The van der Waals surface area contributed by atoms with E-state index in [4.69, 9.17) is 0 Å². The zero-order chi connectivity index (χ0) is 21.2. The molecule has 0 bridgehead atoms. The summed E-state index contributed by atoms with van der Waals surface area (Å²) in [6.07, 6.45) is 8.96. The van der Waals surface area contributed by atoms with Crippen molar-refractivity contribution >= 4 is 11.7 Å². The van der Waals surface area contributed by atoms with Gasteiger partial charge in [-0.1, -0.05) is 23.8 Å². The molecule has 31 heavy (non-hydrogen) atoms. The molecule has 1 amide bonds. The number of benzene rings is 1. The number of amides is 1. The summed E-state index contributed by atoms with van der Waals surface area (Å²) < 4.78 is 1.85. The number of likely N-dealkylation sites (tertiary alicyclic amines) is 1. The highest BCUT2D eigenvalue weighted by atomic mass is 16.3. The number of aliphatic hydroxyl groups is 1. The van der Waals surface area contributed by atoms with Gasteiger partial charge in [0.1, 0.15) is 5.69 Å². The number of piperidine rings is 1. The molecule has 2 aromatic heterocycles. The van der Waals surface area contributed by atoms with Crippen LogP contribution in [-0.4, -0.2) is 55.0 Å². The molecule has 0 radical (unpaired) electrons. The smallest absolute Gasteiger partial charge is 0.274 e. The molecular formula is C24H27N5O2. The number of aromatic nitrogens is 3. The van der Waals surface area contributed by atoms with E-state index < -0.39 is 6.10 Å². The van der Waals surface area contributed by atoms with Crippen LogP contribution in [0.3, 0.4) is 0 Å². The van der Waals surface area contributed by atoms with Gasteiger partial charge in [0.25, 0.3) is 5.91 Å². The number of nitrogens with one attached hydrogen (secondary N) is 1. The van der Waals surface area contributed by atoms with E-state index in [0.717, 1.165) is 13.0 Å². The molecule has 160 valence electrons. The molecule has 7 nitrogen and oxygen atoms in total. The quantitative estimate of drug-likeness (QED) is 0.668. The fraction of sp³-hybridized carbons (Fsp3) is 0.458. The summed E-state index contributed by atoms with van der Waals surface area (Å²) in [6.45, 7) is 3.76. The van der Waals surface area contributed by atoms with Crippen molar-refractivity contribution < 1.29 is 9.90 Å². The summed E-state index contributed by atoms with van der Waals surface area (Å²) in [5, 5.41) is 14.7. The minimum absolute atomic E-state index is 0.140. The highest BCUT2D eigenvalue weighted by molar-refractivity contribution is 5.93. The molecule has 3 aliphatic rings. The number of aliphatic hydroxyl groups excluding tert-OH is 1. The summed E-state index contributed by atoms with van der Waals surface area (Å²) in [5.41, 5.74) is 5.07. The van der Waals surface area contributed by atoms with E-state index >= 15 is 0 Å². The van der Waals surface area contributed by atoms with Gasteiger partial charge >= 0.3 is 0 Å². The lowest BCUT2D eigenvalue weighted by molar-refractivity contribution is -0.0140. The first-order valence-electron chi connectivity index (χ1n) is 11.2. The van der Waals surface area contributed by atoms with Gasteiger partial charge < -0.3 is 15.3 Å². The Labute approximate surface area is 181 Å². The van der Waals surface area contributed by atoms with Gasteiger partial charge in [0, 0.05) is 38.2 Å². The maximum atomic E-state index is 13.1. The number of fused-ring (bicyclic) bond motifs is 2. The Hall–Kier alpha value is -2.77. The van der Waals surface area contributed by atoms with E-state index in [1.165, 1.54) is 35.1 Å². The highest BCUT2D eigenvalue weighted by Crippen LogP contribution is 2.39. The number of nitrogens with zero attached hydrogens (tertiary/aromatic N) is 4. The zero-order valence-electron chi connectivity index (χ0n) is 17.7. The number of imidazole rings is 1. The van der Waals surface area contributed by atoms with Crippen molar-refractivity contribution in [1.82, 2.24) is 24.6 Å². The second-order valence-electron chi connectivity index (χ2n) is 9.47. The van der Waals surface area contributed by atoms with E-state index in [1.54, 1.807) is 11.1 Å². The van der Waals surface area contributed by atoms with Crippen molar-refractivity contribution in [3.63, 3.8) is 0 Å². The normalized spacial score (nSPS) is 25.7. The lowest BCUT2D eigenvalue weighted by Gasteiger charge is -2.48. The van der Waals surface area contributed by atoms with Crippen molar-refractivity contribution in [2.24, 2.45) is 0 Å². The summed E-state index contributed by atoms with van der Waals surface area (Å²) in [6, 6.07) is 6.53. The van der Waals surface area contributed by atoms with Crippen LogP contribution >= 0.6 is 0 Å². The van der Waals surface area contributed by atoms with Crippen LogP contribution in [0.5, 0.6) is 0 Å². The number of carbonyl (C=O) groups excluding carboxylic acids is 1.